The minimum Gasteiger partial charge on any atom is -0.480 e. The van der Waals surface area contributed by atoms with E-state index in [1.165, 1.54) is 0 Å². The summed E-state index contributed by atoms with van der Waals surface area (Å²) >= 11 is 0. The van der Waals surface area contributed by atoms with E-state index in [9.17, 15) is 24.3 Å². The van der Waals surface area contributed by atoms with Gasteiger partial charge in [0.15, 0.2) is 0 Å². The Hall–Kier alpha value is -2.98. The number of benzene rings is 1. The molecular formula is C23H36N4O6. The van der Waals surface area contributed by atoms with Crippen LogP contribution < -0.4 is 21.7 Å². The Kier molecular flexibility index (Phi) is 11.5. The Morgan fingerprint density at radius 2 is 1.48 bits per heavy atom. The van der Waals surface area contributed by atoms with Gasteiger partial charge in [-0.2, -0.15) is 0 Å². The molecule has 1 rings (SSSR count). The normalized spacial score (nSPS) is 15.6. The summed E-state index contributed by atoms with van der Waals surface area (Å²) in [7, 11) is 0. The highest BCUT2D eigenvalue weighted by Crippen LogP contribution is 2.12. The third-order valence-corrected chi connectivity index (χ3v) is 5.47. The van der Waals surface area contributed by atoms with Gasteiger partial charge in [-0.05, 0) is 17.4 Å². The quantitative estimate of drug-likeness (QED) is 0.234. The van der Waals surface area contributed by atoms with E-state index in [2.05, 4.69) is 16.0 Å². The number of hydrogen-bond acceptors (Lipinski definition) is 6. The van der Waals surface area contributed by atoms with E-state index in [0.29, 0.717) is 6.42 Å². The number of carboxylic acid groups (broad SMARTS) is 1. The van der Waals surface area contributed by atoms with Crippen molar-refractivity contribution in [3.05, 3.63) is 35.9 Å². The fraction of sp³-hybridized carbons (Fsp3) is 0.565. The fourth-order valence-corrected chi connectivity index (χ4v) is 3.13. The van der Waals surface area contributed by atoms with Gasteiger partial charge in [0.2, 0.25) is 17.7 Å². The SMILES string of the molecule is CCC(C)C(NC(=O)C(Cc1ccccc1)NC(=O)C(N)CO)C(=O)NC(C(=O)O)C(C)C. The first-order valence-electron chi connectivity index (χ1n) is 11.1. The van der Waals surface area contributed by atoms with Gasteiger partial charge < -0.3 is 31.9 Å². The second-order valence-electron chi connectivity index (χ2n) is 8.48. The van der Waals surface area contributed by atoms with Crippen molar-refractivity contribution in [2.45, 2.75) is 64.7 Å². The van der Waals surface area contributed by atoms with Crippen molar-refractivity contribution in [3.63, 3.8) is 0 Å². The number of hydrogen-bond donors (Lipinski definition) is 6. The Morgan fingerprint density at radius 1 is 0.909 bits per heavy atom. The number of aliphatic hydroxyl groups is 1. The molecular weight excluding hydrogens is 428 g/mol. The second kappa shape index (κ2) is 13.5. The van der Waals surface area contributed by atoms with Crippen molar-refractivity contribution >= 4 is 23.7 Å². The molecule has 0 bridgehead atoms. The summed E-state index contributed by atoms with van der Waals surface area (Å²) in [4.78, 5) is 49.9. The third kappa shape index (κ3) is 8.82. The van der Waals surface area contributed by atoms with Gasteiger partial charge in [0.25, 0.3) is 0 Å². The number of carbonyl (C=O) groups excluding carboxylic acids is 3. The van der Waals surface area contributed by atoms with Crippen LogP contribution in [0.4, 0.5) is 0 Å². The molecule has 0 saturated heterocycles. The number of carbonyl (C=O) groups is 4. The minimum atomic E-state index is -1.20. The number of nitrogens with two attached hydrogens (primary N) is 1. The molecule has 33 heavy (non-hydrogen) atoms. The predicted octanol–water partition coefficient (Wildman–Crippen LogP) is -0.210. The summed E-state index contributed by atoms with van der Waals surface area (Å²) in [6, 6.07) is 4.60. The molecule has 0 aliphatic rings. The number of nitrogens with one attached hydrogen (secondary N) is 3. The van der Waals surface area contributed by atoms with Crippen molar-refractivity contribution in [3.8, 4) is 0 Å². The molecule has 0 aromatic heterocycles. The topological polar surface area (TPSA) is 171 Å². The zero-order valence-electron chi connectivity index (χ0n) is 19.6. The highest BCUT2D eigenvalue weighted by Gasteiger charge is 2.33. The molecule has 5 unspecified atom stereocenters. The summed E-state index contributed by atoms with van der Waals surface area (Å²) in [6.45, 7) is 6.37. The van der Waals surface area contributed by atoms with Crippen LogP contribution in [0, 0.1) is 11.8 Å². The lowest BCUT2D eigenvalue weighted by molar-refractivity contribution is -0.144. The van der Waals surface area contributed by atoms with Crippen LogP contribution in [0.3, 0.4) is 0 Å². The maximum absolute atomic E-state index is 13.2. The number of amides is 3. The van der Waals surface area contributed by atoms with Gasteiger partial charge in [-0.15, -0.1) is 0 Å². The molecule has 5 atom stereocenters. The summed E-state index contributed by atoms with van der Waals surface area (Å²) < 4.78 is 0. The minimum absolute atomic E-state index is 0.134. The predicted molar refractivity (Wildman–Crippen MR) is 123 cm³/mol. The van der Waals surface area contributed by atoms with E-state index in [0.717, 1.165) is 5.56 Å². The van der Waals surface area contributed by atoms with Crippen LogP contribution in [0.1, 0.15) is 39.7 Å². The van der Waals surface area contributed by atoms with E-state index in [1.807, 2.05) is 13.0 Å². The van der Waals surface area contributed by atoms with Gasteiger partial charge in [-0.1, -0.05) is 64.4 Å². The Morgan fingerprint density at radius 3 is 1.97 bits per heavy atom. The van der Waals surface area contributed by atoms with Crippen LogP contribution in [-0.2, 0) is 25.6 Å². The number of rotatable bonds is 13. The first-order chi connectivity index (χ1) is 15.5. The summed E-state index contributed by atoms with van der Waals surface area (Å²) in [6.07, 6.45) is 0.679. The third-order valence-electron chi connectivity index (χ3n) is 5.47. The maximum Gasteiger partial charge on any atom is 0.326 e. The average Bonchev–Trinajstić information content (AvgIpc) is 2.79. The van der Waals surface area contributed by atoms with Gasteiger partial charge >= 0.3 is 5.97 Å². The van der Waals surface area contributed by atoms with Crippen LogP contribution in [0.15, 0.2) is 30.3 Å². The molecule has 10 heteroatoms. The van der Waals surface area contributed by atoms with Crippen molar-refractivity contribution in [2.75, 3.05) is 6.61 Å². The van der Waals surface area contributed by atoms with Crippen LogP contribution in [0.25, 0.3) is 0 Å². The van der Waals surface area contributed by atoms with Gasteiger partial charge in [0.05, 0.1) is 6.61 Å². The number of aliphatic carboxylic acids is 1. The van der Waals surface area contributed by atoms with Gasteiger partial charge in [0, 0.05) is 6.42 Å². The monoisotopic (exact) mass is 464 g/mol. The standard InChI is InChI=1S/C23H36N4O6/c1-5-14(4)19(22(31)26-18(13(2)3)23(32)33)27-21(30)17(25-20(29)16(24)12-28)11-15-9-7-6-8-10-15/h6-10,13-14,16-19,28H,5,11-12,24H2,1-4H3,(H,25,29)(H,26,31)(H,27,30)(H,32,33). The first-order valence-corrected chi connectivity index (χ1v) is 11.1. The fourth-order valence-electron chi connectivity index (χ4n) is 3.13. The Bertz CT molecular complexity index is 801. The van der Waals surface area contributed by atoms with Crippen molar-refractivity contribution < 1.29 is 29.4 Å². The van der Waals surface area contributed by atoms with E-state index < -0.39 is 54.5 Å². The average molecular weight is 465 g/mol. The summed E-state index contributed by atoms with van der Waals surface area (Å²) in [5.74, 6) is -3.76. The molecule has 0 saturated carbocycles. The Balaban J connectivity index is 3.11. The smallest absolute Gasteiger partial charge is 0.326 e. The maximum atomic E-state index is 13.2. The lowest BCUT2D eigenvalue weighted by atomic mass is 9.96. The molecule has 0 heterocycles. The van der Waals surface area contributed by atoms with E-state index >= 15 is 0 Å². The van der Waals surface area contributed by atoms with Gasteiger partial charge in [-0.3, -0.25) is 14.4 Å². The van der Waals surface area contributed by atoms with Crippen LogP contribution >= 0.6 is 0 Å². The molecule has 7 N–H and O–H groups in total. The molecule has 3 amide bonds. The van der Waals surface area contributed by atoms with E-state index in [1.54, 1.807) is 45.0 Å². The molecule has 0 spiro atoms. The highest BCUT2D eigenvalue weighted by atomic mass is 16.4. The molecule has 10 nitrogen and oxygen atoms in total. The second-order valence-corrected chi connectivity index (χ2v) is 8.48. The molecule has 0 fully saturated rings. The van der Waals surface area contributed by atoms with Crippen LogP contribution in [0.5, 0.6) is 0 Å². The summed E-state index contributed by atoms with van der Waals surface area (Å²) in [5, 5.41) is 26.3. The van der Waals surface area contributed by atoms with Crippen molar-refractivity contribution in [2.24, 2.45) is 17.6 Å². The largest absolute Gasteiger partial charge is 0.480 e. The van der Waals surface area contributed by atoms with Crippen LogP contribution in [0.2, 0.25) is 0 Å². The first kappa shape index (κ1) is 28.1. The summed E-state index contributed by atoms with van der Waals surface area (Å²) in [5.41, 5.74) is 6.34. The van der Waals surface area contributed by atoms with Crippen LogP contribution in [-0.4, -0.2) is 64.7 Å². The Labute approximate surface area is 194 Å². The lowest BCUT2D eigenvalue weighted by Gasteiger charge is -2.28. The molecule has 1 aromatic rings. The zero-order chi connectivity index (χ0) is 25.1. The molecule has 1 aromatic carbocycles. The highest BCUT2D eigenvalue weighted by molar-refractivity contribution is 5.94. The van der Waals surface area contributed by atoms with Crippen molar-refractivity contribution in [1.82, 2.24) is 16.0 Å². The molecule has 184 valence electrons. The van der Waals surface area contributed by atoms with E-state index in [-0.39, 0.29) is 18.3 Å². The molecule has 0 aliphatic carbocycles. The number of carboxylic acids is 1. The van der Waals surface area contributed by atoms with Gasteiger partial charge in [0.1, 0.15) is 24.2 Å². The molecule has 0 radical (unpaired) electrons. The van der Waals surface area contributed by atoms with Gasteiger partial charge in [-0.25, -0.2) is 4.79 Å². The van der Waals surface area contributed by atoms with Crippen molar-refractivity contribution in [1.29, 1.82) is 0 Å². The number of aliphatic hydroxyl groups excluding tert-OH is 1. The zero-order valence-corrected chi connectivity index (χ0v) is 19.6. The van der Waals surface area contributed by atoms with E-state index in [4.69, 9.17) is 10.8 Å². The molecule has 0 aliphatic heterocycles. The lowest BCUT2D eigenvalue weighted by Crippen LogP contribution is -2.59.